The fraction of sp³-hybridized carbons (Fsp3) is 0.500. The molecule has 1 aromatic rings. The van der Waals surface area contributed by atoms with Crippen molar-refractivity contribution < 1.29 is 14.3 Å². The maximum Gasteiger partial charge on any atom is 0.407 e. The molecule has 0 atom stereocenters. The summed E-state index contributed by atoms with van der Waals surface area (Å²) in [5.41, 5.74) is 0.849. The third kappa shape index (κ3) is 4.39. The minimum absolute atomic E-state index is 0.0771. The van der Waals surface area contributed by atoms with Crippen molar-refractivity contribution in [3.8, 4) is 0 Å². The van der Waals surface area contributed by atoms with E-state index in [0.717, 1.165) is 10.7 Å². The van der Waals surface area contributed by atoms with E-state index in [2.05, 4.69) is 15.0 Å². The number of thiazole rings is 1. The molecule has 0 fully saturated rings. The zero-order valence-electron chi connectivity index (χ0n) is 10.0. The quantitative estimate of drug-likeness (QED) is 0.864. The number of amides is 2. The van der Waals surface area contributed by atoms with Crippen LogP contribution in [0.3, 0.4) is 0 Å². The fourth-order valence-corrected chi connectivity index (χ4v) is 1.77. The van der Waals surface area contributed by atoms with Gasteiger partial charge in [-0.3, -0.25) is 4.79 Å². The van der Waals surface area contributed by atoms with Crippen LogP contribution in [0.1, 0.15) is 10.7 Å². The number of hydrogen-bond donors (Lipinski definition) is 1. The first-order valence-electron chi connectivity index (χ1n) is 4.99. The number of nitrogens with zero attached hydrogens (tertiary/aromatic N) is 2. The summed E-state index contributed by atoms with van der Waals surface area (Å²) in [7, 11) is 2.91. The summed E-state index contributed by atoms with van der Waals surface area (Å²) in [5, 5.41) is 5.21. The van der Waals surface area contributed by atoms with Crippen molar-refractivity contribution in [3.05, 3.63) is 16.1 Å². The van der Waals surface area contributed by atoms with Crippen LogP contribution in [0.15, 0.2) is 5.38 Å². The summed E-state index contributed by atoms with van der Waals surface area (Å²) in [4.78, 5) is 28.2. The number of alkyl carbamates (subject to hydrolysis) is 1. The smallest absolute Gasteiger partial charge is 0.407 e. The highest BCUT2D eigenvalue weighted by Gasteiger charge is 2.11. The maximum absolute atomic E-state index is 11.6. The molecule has 0 unspecified atom stereocenters. The van der Waals surface area contributed by atoms with Crippen molar-refractivity contribution in [2.24, 2.45) is 0 Å². The van der Waals surface area contributed by atoms with Crippen LogP contribution in [0, 0.1) is 6.92 Å². The number of carbonyl (C=O) groups is 2. The van der Waals surface area contributed by atoms with Crippen molar-refractivity contribution in [2.45, 2.75) is 13.5 Å². The molecule has 7 heteroatoms. The van der Waals surface area contributed by atoms with Gasteiger partial charge in [0.15, 0.2) is 0 Å². The number of methoxy groups -OCH3 is 1. The summed E-state index contributed by atoms with van der Waals surface area (Å²) < 4.78 is 4.37. The van der Waals surface area contributed by atoms with Crippen molar-refractivity contribution in [2.75, 3.05) is 20.7 Å². The standard InChI is InChI=1S/C10H15N3O3S/c1-7-12-8(6-17-7)5-13(2)9(14)4-11-10(15)16-3/h6H,4-5H2,1-3H3,(H,11,15). The SMILES string of the molecule is COC(=O)NCC(=O)N(C)Cc1csc(C)n1. The Labute approximate surface area is 104 Å². The van der Waals surface area contributed by atoms with E-state index >= 15 is 0 Å². The van der Waals surface area contributed by atoms with E-state index in [-0.39, 0.29) is 12.5 Å². The summed E-state index contributed by atoms with van der Waals surface area (Å²) in [5.74, 6) is -0.193. The monoisotopic (exact) mass is 257 g/mol. The average molecular weight is 257 g/mol. The van der Waals surface area contributed by atoms with Gasteiger partial charge in [0.1, 0.15) is 6.54 Å². The number of carbonyl (C=O) groups excluding carboxylic acids is 2. The van der Waals surface area contributed by atoms with Crippen molar-refractivity contribution >= 4 is 23.3 Å². The molecule has 1 heterocycles. The van der Waals surface area contributed by atoms with Crippen LogP contribution >= 0.6 is 11.3 Å². The molecule has 6 nitrogen and oxygen atoms in total. The molecule has 94 valence electrons. The molecule has 1 N–H and O–H groups in total. The Morgan fingerprint density at radius 1 is 1.59 bits per heavy atom. The number of likely N-dealkylation sites (N-methyl/N-ethyl adjacent to an activating group) is 1. The molecular formula is C10H15N3O3S. The number of ether oxygens (including phenoxy) is 1. The minimum atomic E-state index is -0.615. The second kappa shape index (κ2) is 6.19. The third-order valence-electron chi connectivity index (χ3n) is 2.06. The lowest BCUT2D eigenvalue weighted by Crippen LogP contribution is -2.37. The van der Waals surface area contributed by atoms with Gasteiger partial charge in [-0.25, -0.2) is 9.78 Å². The van der Waals surface area contributed by atoms with E-state index in [0.29, 0.717) is 6.54 Å². The van der Waals surface area contributed by atoms with Crippen LogP contribution in [0.4, 0.5) is 4.79 Å². The van der Waals surface area contributed by atoms with E-state index in [1.807, 2.05) is 12.3 Å². The summed E-state index contributed by atoms with van der Waals surface area (Å²) in [6.45, 7) is 2.27. The Hall–Kier alpha value is -1.63. The van der Waals surface area contributed by atoms with Crippen LogP contribution in [-0.4, -0.2) is 42.6 Å². The van der Waals surface area contributed by atoms with Gasteiger partial charge in [0.25, 0.3) is 0 Å². The lowest BCUT2D eigenvalue weighted by Gasteiger charge is -2.15. The van der Waals surface area contributed by atoms with Gasteiger partial charge >= 0.3 is 6.09 Å². The van der Waals surface area contributed by atoms with E-state index in [1.165, 1.54) is 12.0 Å². The van der Waals surface area contributed by atoms with Crippen molar-refractivity contribution in [1.29, 1.82) is 0 Å². The molecule has 0 bridgehead atoms. The predicted molar refractivity (Wildman–Crippen MR) is 63.7 cm³/mol. The zero-order chi connectivity index (χ0) is 12.8. The molecule has 17 heavy (non-hydrogen) atoms. The number of hydrogen-bond acceptors (Lipinski definition) is 5. The molecule has 0 spiro atoms. The van der Waals surface area contributed by atoms with Crippen LogP contribution in [0.2, 0.25) is 0 Å². The zero-order valence-corrected chi connectivity index (χ0v) is 10.8. The molecule has 0 aromatic carbocycles. The molecular weight excluding hydrogens is 242 g/mol. The molecule has 0 aliphatic heterocycles. The Kier molecular flexibility index (Phi) is 4.89. The number of aromatic nitrogens is 1. The van der Waals surface area contributed by atoms with Crippen molar-refractivity contribution in [1.82, 2.24) is 15.2 Å². The first-order chi connectivity index (χ1) is 8.02. The van der Waals surface area contributed by atoms with Gasteiger partial charge in [0.2, 0.25) is 5.91 Å². The van der Waals surface area contributed by atoms with Crippen LogP contribution in [0.5, 0.6) is 0 Å². The number of aryl methyl sites for hydroxylation is 1. The summed E-state index contributed by atoms with van der Waals surface area (Å²) in [6.07, 6.45) is -0.615. The van der Waals surface area contributed by atoms with E-state index < -0.39 is 6.09 Å². The first kappa shape index (κ1) is 13.4. The van der Waals surface area contributed by atoms with E-state index in [4.69, 9.17) is 0 Å². The normalized spacial score (nSPS) is 9.82. The highest BCUT2D eigenvalue weighted by Crippen LogP contribution is 2.09. The topological polar surface area (TPSA) is 71.5 Å². The lowest BCUT2D eigenvalue weighted by molar-refractivity contribution is -0.129. The van der Waals surface area contributed by atoms with Crippen molar-refractivity contribution in [3.63, 3.8) is 0 Å². The van der Waals surface area contributed by atoms with Crippen LogP contribution < -0.4 is 5.32 Å². The average Bonchev–Trinajstić information content (AvgIpc) is 2.70. The van der Waals surface area contributed by atoms with Gasteiger partial charge in [-0.05, 0) is 6.92 Å². The van der Waals surface area contributed by atoms with Gasteiger partial charge in [0.05, 0.1) is 24.4 Å². The van der Waals surface area contributed by atoms with Gasteiger partial charge in [-0.2, -0.15) is 0 Å². The second-order valence-corrected chi connectivity index (χ2v) is 4.52. The number of nitrogens with one attached hydrogen (secondary N) is 1. The Bertz CT molecular complexity index is 405. The summed E-state index contributed by atoms with van der Waals surface area (Å²) >= 11 is 1.54. The highest BCUT2D eigenvalue weighted by molar-refractivity contribution is 7.09. The molecule has 0 saturated heterocycles. The van der Waals surface area contributed by atoms with Crippen LogP contribution in [-0.2, 0) is 16.1 Å². The second-order valence-electron chi connectivity index (χ2n) is 3.45. The summed E-state index contributed by atoms with van der Waals surface area (Å²) in [6, 6.07) is 0. The molecule has 0 aliphatic carbocycles. The molecule has 2 amide bonds. The largest absolute Gasteiger partial charge is 0.453 e. The fourth-order valence-electron chi connectivity index (χ4n) is 1.17. The van der Waals surface area contributed by atoms with Gasteiger partial charge in [-0.15, -0.1) is 11.3 Å². The Morgan fingerprint density at radius 3 is 2.82 bits per heavy atom. The minimum Gasteiger partial charge on any atom is -0.453 e. The number of rotatable bonds is 4. The third-order valence-corrected chi connectivity index (χ3v) is 2.88. The molecule has 0 saturated carbocycles. The van der Waals surface area contributed by atoms with Gasteiger partial charge < -0.3 is 15.0 Å². The first-order valence-corrected chi connectivity index (χ1v) is 5.87. The molecule has 0 radical (unpaired) electrons. The molecule has 1 aromatic heterocycles. The van der Waals surface area contributed by atoms with Gasteiger partial charge in [0, 0.05) is 12.4 Å². The molecule has 1 rings (SSSR count). The maximum atomic E-state index is 11.6. The van der Waals surface area contributed by atoms with E-state index in [1.54, 1.807) is 18.4 Å². The Balaban J connectivity index is 2.39. The Morgan fingerprint density at radius 2 is 2.29 bits per heavy atom. The van der Waals surface area contributed by atoms with Crippen LogP contribution in [0.25, 0.3) is 0 Å². The highest BCUT2D eigenvalue weighted by atomic mass is 32.1. The predicted octanol–water partition coefficient (Wildman–Crippen LogP) is 0.766. The van der Waals surface area contributed by atoms with Gasteiger partial charge in [-0.1, -0.05) is 0 Å². The lowest BCUT2D eigenvalue weighted by atomic mass is 10.4. The van der Waals surface area contributed by atoms with E-state index in [9.17, 15) is 9.59 Å². The molecule has 0 aliphatic rings.